The van der Waals surface area contributed by atoms with Gasteiger partial charge in [-0.15, -0.1) is 17.0 Å². The fourth-order valence-corrected chi connectivity index (χ4v) is 13.0. The van der Waals surface area contributed by atoms with Crippen molar-refractivity contribution in [3.63, 3.8) is 0 Å². The van der Waals surface area contributed by atoms with Gasteiger partial charge in [0, 0.05) is 0 Å². The van der Waals surface area contributed by atoms with Gasteiger partial charge in [-0.3, -0.25) is 0 Å². The van der Waals surface area contributed by atoms with Gasteiger partial charge in [0.25, 0.3) is 0 Å². The van der Waals surface area contributed by atoms with Gasteiger partial charge >= 0.3 is 0 Å². The Hall–Kier alpha value is -0.0700. The molecule has 0 amide bonds. The second-order valence-corrected chi connectivity index (χ2v) is 17.7. The fraction of sp³-hybridized carbons (Fsp3) is 0.818. The molecule has 1 nitrogen and oxygen atoms in total. The standard InChI is InChI=1S/C33H55OP.BrH/c1-31(2,3)28-22-25(23-29(30(28)34)32(4,5)6)24-33(20-14-9-15-21-33)35(26-16-10-7-11-17-26)27-18-12-8-13-19-27;/h22-23,26-27,34H,7-21,24H2,1-6H3;1H. The number of hydrogen-bond acceptors (Lipinski definition) is 1. The summed E-state index contributed by atoms with van der Waals surface area (Å²) in [5.41, 5.74) is 5.78. The summed E-state index contributed by atoms with van der Waals surface area (Å²) in [6.07, 6.45) is 23.4. The zero-order valence-corrected chi connectivity index (χ0v) is 27.0. The molecule has 3 aliphatic rings. The Kier molecular flexibility index (Phi) is 10.5. The maximum absolute atomic E-state index is 11.4. The molecule has 0 bridgehead atoms. The molecule has 0 saturated heterocycles. The predicted octanol–water partition coefficient (Wildman–Crippen LogP) is 11.0. The van der Waals surface area contributed by atoms with Gasteiger partial charge in [0.05, 0.1) is 0 Å². The third kappa shape index (κ3) is 6.92. The second kappa shape index (κ2) is 12.4. The highest BCUT2D eigenvalue weighted by molar-refractivity contribution is 8.93. The minimum Gasteiger partial charge on any atom is -0.507 e. The van der Waals surface area contributed by atoms with Crippen LogP contribution in [0.1, 0.15) is 155 Å². The average molecular weight is 580 g/mol. The first kappa shape index (κ1) is 30.5. The van der Waals surface area contributed by atoms with Crippen LogP contribution < -0.4 is 0 Å². The van der Waals surface area contributed by atoms with Crippen LogP contribution in [0, 0.1) is 0 Å². The topological polar surface area (TPSA) is 20.2 Å². The number of halogens is 1. The van der Waals surface area contributed by atoms with Crippen molar-refractivity contribution in [1.29, 1.82) is 0 Å². The molecule has 0 aliphatic heterocycles. The SMILES string of the molecule is Br.CC(C)(C)c1cc(CC2(P(C3CCCCC3)C3CCCCC3)CCCCC2)cc(C(C)(C)C)c1O. The van der Waals surface area contributed by atoms with E-state index in [0.717, 1.165) is 22.4 Å². The zero-order chi connectivity index (χ0) is 25.3. The van der Waals surface area contributed by atoms with Crippen molar-refractivity contribution in [1.82, 2.24) is 0 Å². The molecule has 1 aromatic carbocycles. The zero-order valence-electron chi connectivity index (χ0n) is 24.4. The Morgan fingerprint density at radius 3 is 1.47 bits per heavy atom. The van der Waals surface area contributed by atoms with Crippen LogP contribution in [0.25, 0.3) is 0 Å². The number of phenols is 1. The van der Waals surface area contributed by atoms with E-state index in [0.29, 0.717) is 10.9 Å². The van der Waals surface area contributed by atoms with Crippen LogP contribution in [-0.2, 0) is 17.3 Å². The quantitative estimate of drug-likeness (QED) is 0.344. The number of phenolic OH excluding ortho intramolecular Hbond substituents is 1. The molecular formula is C33H56BrOP. The third-order valence-electron chi connectivity index (χ3n) is 9.59. The molecule has 0 atom stereocenters. The Balaban J connectivity index is 0.00000361. The molecule has 0 unspecified atom stereocenters. The van der Waals surface area contributed by atoms with E-state index in [4.69, 9.17) is 0 Å². The van der Waals surface area contributed by atoms with Crippen molar-refractivity contribution in [3.8, 4) is 5.75 Å². The molecule has 0 radical (unpaired) electrons. The van der Waals surface area contributed by atoms with Crippen LogP contribution in [0.5, 0.6) is 5.75 Å². The van der Waals surface area contributed by atoms with Crippen LogP contribution in [-0.4, -0.2) is 21.6 Å². The minimum atomic E-state index is -0.0443. The van der Waals surface area contributed by atoms with E-state index in [1.165, 1.54) is 108 Å². The van der Waals surface area contributed by atoms with Gasteiger partial charge in [0.2, 0.25) is 0 Å². The van der Waals surface area contributed by atoms with Crippen LogP contribution in [0.3, 0.4) is 0 Å². The largest absolute Gasteiger partial charge is 0.507 e. The van der Waals surface area contributed by atoms with E-state index < -0.39 is 0 Å². The predicted molar refractivity (Wildman–Crippen MR) is 166 cm³/mol. The molecular weight excluding hydrogens is 523 g/mol. The lowest BCUT2D eigenvalue weighted by atomic mass is 9.76. The highest BCUT2D eigenvalue weighted by atomic mass is 79.9. The molecule has 36 heavy (non-hydrogen) atoms. The summed E-state index contributed by atoms with van der Waals surface area (Å²) < 4.78 is 0. The maximum atomic E-state index is 11.4. The monoisotopic (exact) mass is 578 g/mol. The van der Waals surface area contributed by atoms with Crippen LogP contribution in [0.15, 0.2) is 12.1 Å². The molecule has 4 rings (SSSR count). The first-order valence-corrected chi connectivity index (χ1v) is 16.6. The summed E-state index contributed by atoms with van der Waals surface area (Å²) >= 11 is 0. The van der Waals surface area contributed by atoms with Crippen LogP contribution in [0.2, 0.25) is 0 Å². The van der Waals surface area contributed by atoms with Crippen molar-refractivity contribution in [3.05, 3.63) is 28.8 Å². The van der Waals surface area contributed by atoms with Gasteiger partial charge < -0.3 is 5.11 Å². The average Bonchev–Trinajstić information content (AvgIpc) is 2.81. The van der Waals surface area contributed by atoms with Crippen LogP contribution in [0.4, 0.5) is 0 Å². The maximum Gasteiger partial charge on any atom is 0.123 e. The van der Waals surface area contributed by atoms with E-state index in [9.17, 15) is 5.11 Å². The summed E-state index contributed by atoms with van der Waals surface area (Å²) in [6, 6.07) is 4.85. The van der Waals surface area contributed by atoms with E-state index in [1.54, 1.807) is 0 Å². The van der Waals surface area contributed by atoms with Gasteiger partial charge in [-0.05, 0) is 88.9 Å². The van der Waals surface area contributed by atoms with Crippen molar-refractivity contribution in [2.45, 2.75) is 172 Å². The Morgan fingerprint density at radius 2 is 1.08 bits per heavy atom. The van der Waals surface area contributed by atoms with Gasteiger partial charge in [0.15, 0.2) is 0 Å². The molecule has 1 aromatic rings. The normalized spacial score (nSPS) is 22.4. The lowest BCUT2D eigenvalue weighted by Gasteiger charge is -2.53. The Labute approximate surface area is 235 Å². The van der Waals surface area contributed by atoms with Crippen molar-refractivity contribution in [2.75, 3.05) is 0 Å². The highest BCUT2D eigenvalue weighted by Crippen LogP contribution is 2.68. The first-order chi connectivity index (χ1) is 16.5. The molecule has 206 valence electrons. The Morgan fingerprint density at radius 1 is 0.694 bits per heavy atom. The molecule has 3 fully saturated rings. The summed E-state index contributed by atoms with van der Waals surface area (Å²) in [7, 11) is 0.0313. The van der Waals surface area contributed by atoms with E-state index in [2.05, 4.69) is 53.7 Å². The fourth-order valence-electron chi connectivity index (χ4n) is 7.85. The number of aromatic hydroxyl groups is 1. The molecule has 1 N–H and O–H groups in total. The van der Waals surface area contributed by atoms with Crippen molar-refractivity contribution in [2.24, 2.45) is 0 Å². The molecule has 3 aliphatic carbocycles. The van der Waals surface area contributed by atoms with Gasteiger partial charge in [-0.2, -0.15) is 0 Å². The lowest BCUT2D eigenvalue weighted by molar-refractivity contribution is 0.370. The molecule has 3 saturated carbocycles. The third-order valence-corrected chi connectivity index (χ3v) is 13.9. The summed E-state index contributed by atoms with van der Waals surface area (Å²) in [5.74, 6) is 0.549. The summed E-state index contributed by atoms with van der Waals surface area (Å²) in [4.78, 5) is 0. The summed E-state index contributed by atoms with van der Waals surface area (Å²) in [6.45, 7) is 13.6. The number of rotatable bonds is 5. The van der Waals surface area contributed by atoms with Crippen molar-refractivity contribution >= 4 is 24.9 Å². The molecule has 0 aromatic heterocycles. The lowest BCUT2D eigenvalue weighted by Crippen LogP contribution is -2.40. The second-order valence-electron chi connectivity index (χ2n) is 14.5. The molecule has 0 spiro atoms. The van der Waals surface area contributed by atoms with Crippen molar-refractivity contribution < 1.29 is 5.11 Å². The number of hydrogen-bond donors (Lipinski definition) is 1. The van der Waals surface area contributed by atoms with Gasteiger partial charge in [-0.25, -0.2) is 0 Å². The van der Waals surface area contributed by atoms with E-state index in [-0.39, 0.29) is 35.7 Å². The highest BCUT2D eigenvalue weighted by Gasteiger charge is 2.47. The molecule has 0 heterocycles. The minimum absolute atomic E-state index is 0. The van der Waals surface area contributed by atoms with E-state index in [1.807, 2.05) is 0 Å². The van der Waals surface area contributed by atoms with Gasteiger partial charge in [-0.1, -0.05) is 119 Å². The Bertz CT molecular complexity index is 777. The van der Waals surface area contributed by atoms with E-state index >= 15 is 0 Å². The summed E-state index contributed by atoms with van der Waals surface area (Å²) in [5, 5.41) is 11.9. The first-order valence-electron chi connectivity index (χ1n) is 15.2. The van der Waals surface area contributed by atoms with Gasteiger partial charge in [0.1, 0.15) is 5.75 Å². The molecule has 3 heteroatoms. The number of benzene rings is 1. The smallest absolute Gasteiger partial charge is 0.123 e. The van der Waals surface area contributed by atoms with Crippen LogP contribution >= 0.6 is 24.9 Å².